The third kappa shape index (κ3) is 5.65. The van der Waals surface area contributed by atoms with Gasteiger partial charge in [0.25, 0.3) is 0 Å². The average molecular weight is 475 g/mol. The van der Waals surface area contributed by atoms with E-state index in [0.29, 0.717) is 5.56 Å². The van der Waals surface area contributed by atoms with Gasteiger partial charge in [0.2, 0.25) is 0 Å². The van der Waals surface area contributed by atoms with Crippen molar-refractivity contribution in [2.45, 2.75) is 24.7 Å². The lowest BCUT2D eigenvalue weighted by Gasteiger charge is -2.41. The van der Waals surface area contributed by atoms with E-state index in [4.69, 9.17) is 9.47 Å². The molecule has 35 heavy (non-hydrogen) atoms. The third-order valence-electron chi connectivity index (χ3n) is 6.22. The largest absolute Gasteiger partial charge is 0.462 e. The van der Waals surface area contributed by atoms with Crippen molar-refractivity contribution in [2.75, 3.05) is 6.61 Å². The summed E-state index contributed by atoms with van der Waals surface area (Å²) in [7, 11) is 0. The summed E-state index contributed by atoms with van der Waals surface area (Å²) in [6, 6.07) is 25.7. The Hall–Kier alpha value is -3.81. The molecule has 0 radical (unpaired) electrons. The van der Waals surface area contributed by atoms with E-state index in [0.717, 1.165) is 5.56 Å². The molecule has 0 saturated heterocycles. The minimum absolute atomic E-state index is 0.219. The topological polar surface area (TPSA) is 110 Å². The van der Waals surface area contributed by atoms with Crippen molar-refractivity contribution in [3.63, 3.8) is 0 Å². The molecule has 180 valence electrons. The predicted octanol–water partition coefficient (Wildman–Crippen LogP) is 2.85. The lowest BCUT2D eigenvalue weighted by atomic mass is 9.71. The van der Waals surface area contributed by atoms with Gasteiger partial charge in [-0.25, -0.2) is 9.59 Å². The van der Waals surface area contributed by atoms with Gasteiger partial charge in [-0.1, -0.05) is 66.7 Å². The maximum Gasteiger partial charge on any atom is 0.338 e. The monoisotopic (exact) mass is 474 g/mol. The fraction of sp³-hybridized carbons (Fsp3) is 0.250. The van der Waals surface area contributed by atoms with Crippen LogP contribution in [0.1, 0.15) is 26.3 Å². The van der Waals surface area contributed by atoms with Gasteiger partial charge in [0, 0.05) is 11.8 Å². The molecule has 0 aliphatic heterocycles. The van der Waals surface area contributed by atoms with Crippen LogP contribution in [0, 0.1) is 11.8 Å². The molecule has 3 aromatic carbocycles. The van der Waals surface area contributed by atoms with Gasteiger partial charge in [0.05, 0.1) is 17.7 Å². The molecule has 0 heterocycles. The minimum atomic E-state index is -1.74. The number of hydrogen-bond donors (Lipinski definition) is 2. The Bertz CT molecular complexity index is 1150. The summed E-state index contributed by atoms with van der Waals surface area (Å²) < 4.78 is 11.1. The Balaban J connectivity index is 1.62. The number of aliphatic hydroxyl groups is 2. The molecule has 1 aliphatic rings. The Morgan fingerprint density at radius 1 is 0.743 bits per heavy atom. The maximum absolute atomic E-state index is 13.1. The van der Waals surface area contributed by atoms with Crippen molar-refractivity contribution >= 4 is 17.7 Å². The first-order chi connectivity index (χ1) is 17.0. The summed E-state index contributed by atoms with van der Waals surface area (Å²) in [4.78, 5) is 38.5. The highest BCUT2D eigenvalue weighted by atomic mass is 16.6. The van der Waals surface area contributed by atoms with Crippen LogP contribution in [-0.4, -0.2) is 52.9 Å². The standard InChI is InChI=1S/C28H26O7/c29-23-21(16-18-10-4-1-5-11-18)22(17-34-27(32)19-12-6-2-7-13-19)26(25(31)24(23)30)35-28(33)20-14-8-3-9-15-20/h1-15,21-22,24-26,30-31H,16-17H2/t21-,22-,24+,25+,26+/m0/s1. The van der Waals surface area contributed by atoms with E-state index in [1.54, 1.807) is 60.7 Å². The molecule has 1 aliphatic carbocycles. The molecule has 0 aromatic heterocycles. The van der Waals surface area contributed by atoms with Crippen LogP contribution in [0.2, 0.25) is 0 Å². The van der Waals surface area contributed by atoms with Gasteiger partial charge >= 0.3 is 11.9 Å². The van der Waals surface area contributed by atoms with Crippen LogP contribution in [0.25, 0.3) is 0 Å². The molecule has 3 aromatic rings. The molecule has 2 N–H and O–H groups in total. The number of ketones is 1. The van der Waals surface area contributed by atoms with Crippen molar-refractivity contribution in [2.24, 2.45) is 11.8 Å². The van der Waals surface area contributed by atoms with E-state index >= 15 is 0 Å². The Morgan fingerprint density at radius 2 is 1.26 bits per heavy atom. The number of hydrogen-bond acceptors (Lipinski definition) is 7. The van der Waals surface area contributed by atoms with Gasteiger partial charge in [-0.05, 0) is 36.2 Å². The SMILES string of the molecule is O=C(OC[C@@H]1[C@@H](OC(=O)c2ccccc2)[C@H](O)[C@H](O)C(=O)[C@H]1Cc1ccccc1)c1ccccc1. The number of carbonyl (C=O) groups excluding carboxylic acids is 3. The number of rotatable bonds is 7. The van der Waals surface area contributed by atoms with Gasteiger partial charge in [0.15, 0.2) is 5.78 Å². The second-order valence-electron chi connectivity index (χ2n) is 8.50. The van der Waals surface area contributed by atoms with Crippen molar-refractivity contribution in [3.8, 4) is 0 Å². The maximum atomic E-state index is 13.1. The zero-order chi connectivity index (χ0) is 24.8. The second-order valence-corrected chi connectivity index (χ2v) is 8.50. The van der Waals surface area contributed by atoms with Crippen molar-refractivity contribution in [3.05, 3.63) is 108 Å². The van der Waals surface area contributed by atoms with Gasteiger partial charge in [-0.3, -0.25) is 4.79 Å². The Labute approximate surface area is 202 Å². The highest BCUT2D eigenvalue weighted by Crippen LogP contribution is 2.34. The van der Waals surface area contributed by atoms with Crippen LogP contribution in [0.4, 0.5) is 0 Å². The van der Waals surface area contributed by atoms with Crippen LogP contribution in [-0.2, 0) is 20.7 Å². The smallest absolute Gasteiger partial charge is 0.338 e. The molecule has 1 fully saturated rings. The summed E-state index contributed by atoms with van der Waals surface area (Å²) >= 11 is 0. The van der Waals surface area contributed by atoms with E-state index in [-0.39, 0.29) is 18.6 Å². The number of carbonyl (C=O) groups is 3. The van der Waals surface area contributed by atoms with E-state index in [9.17, 15) is 24.6 Å². The molecular weight excluding hydrogens is 448 g/mol. The minimum Gasteiger partial charge on any atom is -0.462 e. The van der Waals surface area contributed by atoms with Crippen LogP contribution in [0.15, 0.2) is 91.0 Å². The molecule has 0 spiro atoms. The molecule has 0 unspecified atom stereocenters. The number of aliphatic hydroxyl groups excluding tert-OH is 2. The number of ether oxygens (including phenoxy) is 2. The number of Topliss-reactive ketones (excluding diaryl/α,β-unsaturated/α-hetero) is 1. The molecule has 5 atom stereocenters. The second kappa shape index (κ2) is 11.1. The fourth-order valence-electron chi connectivity index (χ4n) is 4.34. The summed E-state index contributed by atoms with van der Waals surface area (Å²) in [5, 5.41) is 21.3. The molecule has 7 nitrogen and oxygen atoms in total. The van der Waals surface area contributed by atoms with E-state index in [1.807, 2.05) is 30.3 Å². The summed E-state index contributed by atoms with van der Waals surface area (Å²) in [6.07, 6.45) is -4.45. The summed E-state index contributed by atoms with van der Waals surface area (Å²) in [5.41, 5.74) is 1.40. The Kier molecular flexibility index (Phi) is 7.70. The van der Waals surface area contributed by atoms with Crippen LogP contribution in [0.3, 0.4) is 0 Å². The van der Waals surface area contributed by atoms with E-state index in [2.05, 4.69) is 0 Å². The van der Waals surface area contributed by atoms with Crippen LogP contribution < -0.4 is 0 Å². The Morgan fingerprint density at radius 3 is 1.83 bits per heavy atom. The summed E-state index contributed by atoms with van der Waals surface area (Å²) in [5.74, 6) is -3.64. The lowest BCUT2D eigenvalue weighted by molar-refractivity contribution is -0.168. The molecule has 0 amide bonds. The molecular formula is C28H26O7. The van der Waals surface area contributed by atoms with Crippen molar-refractivity contribution in [1.82, 2.24) is 0 Å². The normalized spacial score (nSPS) is 23.9. The van der Waals surface area contributed by atoms with Gasteiger partial charge in [-0.15, -0.1) is 0 Å². The highest BCUT2D eigenvalue weighted by Gasteiger charge is 2.51. The van der Waals surface area contributed by atoms with Crippen LogP contribution >= 0.6 is 0 Å². The van der Waals surface area contributed by atoms with E-state index in [1.165, 1.54) is 0 Å². The zero-order valence-corrected chi connectivity index (χ0v) is 18.9. The average Bonchev–Trinajstić information content (AvgIpc) is 2.91. The van der Waals surface area contributed by atoms with Crippen molar-refractivity contribution < 1.29 is 34.1 Å². The summed E-state index contributed by atoms with van der Waals surface area (Å²) in [6.45, 7) is -0.284. The first-order valence-corrected chi connectivity index (χ1v) is 11.4. The van der Waals surface area contributed by atoms with Gasteiger partial charge < -0.3 is 19.7 Å². The number of esters is 2. The van der Waals surface area contributed by atoms with Crippen molar-refractivity contribution in [1.29, 1.82) is 0 Å². The fourth-order valence-corrected chi connectivity index (χ4v) is 4.34. The van der Waals surface area contributed by atoms with E-state index < -0.39 is 47.9 Å². The molecule has 4 rings (SSSR count). The van der Waals surface area contributed by atoms with Gasteiger partial charge in [0.1, 0.15) is 18.3 Å². The van der Waals surface area contributed by atoms with Gasteiger partial charge in [-0.2, -0.15) is 0 Å². The number of benzene rings is 3. The first-order valence-electron chi connectivity index (χ1n) is 11.4. The zero-order valence-electron chi connectivity index (χ0n) is 18.9. The third-order valence-corrected chi connectivity index (χ3v) is 6.22. The molecule has 0 bridgehead atoms. The quantitative estimate of drug-likeness (QED) is 0.507. The lowest BCUT2D eigenvalue weighted by Crippen LogP contribution is -2.59. The van der Waals surface area contributed by atoms with Crippen LogP contribution in [0.5, 0.6) is 0 Å². The molecule has 7 heteroatoms. The molecule has 1 saturated carbocycles. The first kappa shape index (κ1) is 24.3. The predicted molar refractivity (Wildman–Crippen MR) is 127 cm³/mol. The highest BCUT2D eigenvalue weighted by molar-refractivity contribution is 5.91.